The highest BCUT2D eigenvalue weighted by Crippen LogP contribution is 2.40. The molecular weight excluding hydrogens is 242 g/mol. The van der Waals surface area contributed by atoms with Gasteiger partial charge in [-0.3, -0.25) is 9.59 Å². The number of nitrogens with one attached hydrogen (secondary N) is 1. The van der Waals surface area contributed by atoms with E-state index in [0.29, 0.717) is 18.8 Å². The van der Waals surface area contributed by atoms with E-state index in [1.54, 1.807) is 0 Å². The SMILES string of the molecule is CC(C)(C(=O)N[C@H]1CC[C@@H](C(=O)O)C1)C1CCCC1. The van der Waals surface area contributed by atoms with E-state index in [-0.39, 0.29) is 23.3 Å². The van der Waals surface area contributed by atoms with Crippen LogP contribution in [0.2, 0.25) is 0 Å². The molecule has 19 heavy (non-hydrogen) atoms. The van der Waals surface area contributed by atoms with E-state index < -0.39 is 5.97 Å². The monoisotopic (exact) mass is 267 g/mol. The molecule has 0 aromatic carbocycles. The molecule has 0 unspecified atom stereocenters. The van der Waals surface area contributed by atoms with Gasteiger partial charge < -0.3 is 10.4 Å². The highest BCUT2D eigenvalue weighted by molar-refractivity contribution is 5.82. The van der Waals surface area contributed by atoms with Gasteiger partial charge in [-0.2, -0.15) is 0 Å². The first-order chi connectivity index (χ1) is 8.91. The molecule has 4 heteroatoms. The highest BCUT2D eigenvalue weighted by Gasteiger charge is 2.40. The number of carbonyl (C=O) groups excluding carboxylic acids is 1. The van der Waals surface area contributed by atoms with E-state index in [2.05, 4.69) is 5.32 Å². The van der Waals surface area contributed by atoms with Crippen LogP contribution in [0.25, 0.3) is 0 Å². The van der Waals surface area contributed by atoms with Crippen LogP contribution in [-0.4, -0.2) is 23.0 Å². The molecule has 2 aliphatic carbocycles. The minimum Gasteiger partial charge on any atom is -0.481 e. The number of hydrogen-bond acceptors (Lipinski definition) is 2. The zero-order chi connectivity index (χ0) is 14.0. The first kappa shape index (κ1) is 14.4. The van der Waals surface area contributed by atoms with E-state index in [1.165, 1.54) is 12.8 Å². The van der Waals surface area contributed by atoms with Crippen molar-refractivity contribution in [3.05, 3.63) is 0 Å². The second kappa shape index (κ2) is 5.51. The summed E-state index contributed by atoms with van der Waals surface area (Å²) in [5.74, 6) is -0.425. The Morgan fingerprint density at radius 3 is 2.26 bits per heavy atom. The van der Waals surface area contributed by atoms with Crippen LogP contribution in [0.4, 0.5) is 0 Å². The molecule has 0 heterocycles. The van der Waals surface area contributed by atoms with Gasteiger partial charge in [-0.25, -0.2) is 0 Å². The molecule has 2 N–H and O–H groups in total. The van der Waals surface area contributed by atoms with Gasteiger partial charge in [0.25, 0.3) is 0 Å². The van der Waals surface area contributed by atoms with Crippen LogP contribution in [0.3, 0.4) is 0 Å². The van der Waals surface area contributed by atoms with Crippen molar-refractivity contribution in [2.45, 2.75) is 64.8 Å². The van der Waals surface area contributed by atoms with Gasteiger partial charge in [0.15, 0.2) is 0 Å². The highest BCUT2D eigenvalue weighted by atomic mass is 16.4. The second-order valence-corrected chi connectivity index (χ2v) is 6.72. The Labute approximate surface area is 115 Å². The first-order valence-corrected chi connectivity index (χ1v) is 7.45. The van der Waals surface area contributed by atoms with Gasteiger partial charge in [-0.05, 0) is 38.0 Å². The maximum Gasteiger partial charge on any atom is 0.306 e. The van der Waals surface area contributed by atoms with Crippen LogP contribution in [0.5, 0.6) is 0 Å². The lowest BCUT2D eigenvalue weighted by Crippen LogP contribution is -2.45. The Morgan fingerprint density at radius 2 is 1.74 bits per heavy atom. The molecule has 1 amide bonds. The van der Waals surface area contributed by atoms with Crippen molar-refractivity contribution in [3.63, 3.8) is 0 Å². The van der Waals surface area contributed by atoms with E-state index in [9.17, 15) is 9.59 Å². The van der Waals surface area contributed by atoms with E-state index in [0.717, 1.165) is 19.3 Å². The number of hydrogen-bond donors (Lipinski definition) is 2. The summed E-state index contributed by atoms with van der Waals surface area (Å²) >= 11 is 0. The third-order valence-corrected chi connectivity index (χ3v) is 5.08. The Hall–Kier alpha value is -1.06. The largest absolute Gasteiger partial charge is 0.481 e. The van der Waals surface area contributed by atoms with Gasteiger partial charge in [-0.1, -0.05) is 26.7 Å². The number of carboxylic acids is 1. The number of carboxylic acid groups (broad SMARTS) is 1. The second-order valence-electron chi connectivity index (χ2n) is 6.72. The van der Waals surface area contributed by atoms with E-state index in [4.69, 9.17) is 5.11 Å². The van der Waals surface area contributed by atoms with Crippen molar-refractivity contribution < 1.29 is 14.7 Å². The Balaban J connectivity index is 1.88. The lowest BCUT2D eigenvalue weighted by Gasteiger charge is -2.31. The predicted octanol–water partition coefficient (Wildman–Crippen LogP) is 2.57. The smallest absolute Gasteiger partial charge is 0.306 e. The maximum atomic E-state index is 12.4. The molecule has 2 aliphatic rings. The number of carbonyl (C=O) groups is 2. The zero-order valence-corrected chi connectivity index (χ0v) is 11.9. The summed E-state index contributed by atoms with van der Waals surface area (Å²) in [6.07, 6.45) is 6.80. The summed E-state index contributed by atoms with van der Waals surface area (Å²) in [7, 11) is 0. The Bertz CT molecular complexity index is 358. The summed E-state index contributed by atoms with van der Waals surface area (Å²) in [5.41, 5.74) is -0.322. The minimum absolute atomic E-state index is 0.0503. The van der Waals surface area contributed by atoms with E-state index in [1.807, 2.05) is 13.8 Å². The molecule has 2 saturated carbocycles. The van der Waals surface area contributed by atoms with Gasteiger partial charge in [0, 0.05) is 11.5 Å². The quantitative estimate of drug-likeness (QED) is 0.822. The van der Waals surface area contributed by atoms with Crippen LogP contribution in [0, 0.1) is 17.3 Å². The standard InChI is InChI=1S/C15H25NO3/c1-15(2,11-5-3-4-6-11)14(19)16-12-8-7-10(9-12)13(17)18/h10-12H,3-9H2,1-2H3,(H,16,19)(H,17,18)/t10-,12+/m1/s1. The Kier molecular flexibility index (Phi) is 4.16. The fourth-order valence-electron chi connectivity index (χ4n) is 3.54. The molecule has 0 aliphatic heterocycles. The first-order valence-electron chi connectivity index (χ1n) is 7.45. The molecular formula is C15H25NO3. The van der Waals surface area contributed by atoms with Crippen LogP contribution < -0.4 is 5.32 Å². The topological polar surface area (TPSA) is 66.4 Å². The number of amides is 1. The van der Waals surface area contributed by atoms with Crippen molar-refractivity contribution in [1.29, 1.82) is 0 Å². The van der Waals surface area contributed by atoms with Crippen molar-refractivity contribution in [1.82, 2.24) is 5.32 Å². The van der Waals surface area contributed by atoms with Crippen LogP contribution >= 0.6 is 0 Å². The lowest BCUT2D eigenvalue weighted by atomic mass is 9.77. The summed E-state index contributed by atoms with van der Waals surface area (Å²) in [4.78, 5) is 23.4. The molecule has 2 fully saturated rings. The number of aliphatic carboxylic acids is 1. The molecule has 0 spiro atoms. The minimum atomic E-state index is -0.730. The fourth-order valence-corrected chi connectivity index (χ4v) is 3.54. The maximum absolute atomic E-state index is 12.4. The molecule has 0 saturated heterocycles. The third kappa shape index (κ3) is 3.10. The van der Waals surface area contributed by atoms with Gasteiger partial charge in [-0.15, -0.1) is 0 Å². The van der Waals surface area contributed by atoms with Gasteiger partial charge in [0.05, 0.1) is 5.92 Å². The normalized spacial score (nSPS) is 28.5. The molecule has 108 valence electrons. The van der Waals surface area contributed by atoms with Crippen molar-refractivity contribution in [3.8, 4) is 0 Å². The predicted molar refractivity (Wildman–Crippen MR) is 72.6 cm³/mol. The van der Waals surface area contributed by atoms with Crippen LogP contribution in [-0.2, 0) is 9.59 Å². The van der Waals surface area contributed by atoms with Crippen molar-refractivity contribution >= 4 is 11.9 Å². The molecule has 2 rings (SSSR count). The van der Waals surface area contributed by atoms with Gasteiger partial charge in [0.1, 0.15) is 0 Å². The summed E-state index contributed by atoms with van der Waals surface area (Å²) in [6.45, 7) is 4.06. The molecule has 0 aromatic rings. The molecule has 0 radical (unpaired) electrons. The van der Waals surface area contributed by atoms with Gasteiger partial charge in [0.2, 0.25) is 5.91 Å². The van der Waals surface area contributed by atoms with E-state index >= 15 is 0 Å². The molecule has 2 atom stereocenters. The number of rotatable bonds is 4. The average molecular weight is 267 g/mol. The zero-order valence-electron chi connectivity index (χ0n) is 11.9. The van der Waals surface area contributed by atoms with Crippen molar-refractivity contribution in [2.24, 2.45) is 17.3 Å². The molecule has 0 aromatic heterocycles. The molecule has 4 nitrogen and oxygen atoms in total. The fraction of sp³-hybridized carbons (Fsp3) is 0.867. The third-order valence-electron chi connectivity index (χ3n) is 5.08. The van der Waals surface area contributed by atoms with Crippen molar-refractivity contribution in [2.75, 3.05) is 0 Å². The van der Waals surface area contributed by atoms with Crippen LogP contribution in [0.1, 0.15) is 58.8 Å². The lowest BCUT2D eigenvalue weighted by molar-refractivity contribution is -0.141. The van der Waals surface area contributed by atoms with Crippen LogP contribution in [0.15, 0.2) is 0 Å². The summed E-state index contributed by atoms with van der Waals surface area (Å²) < 4.78 is 0. The van der Waals surface area contributed by atoms with Gasteiger partial charge >= 0.3 is 5.97 Å². The Morgan fingerprint density at radius 1 is 1.11 bits per heavy atom. The average Bonchev–Trinajstić information content (AvgIpc) is 2.99. The summed E-state index contributed by atoms with van der Waals surface area (Å²) in [6, 6.07) is 0.0503. The summed E-state index contributed by atoms with van der Waals surface area (Å²) in [5, 5.41) is 12.1. The molecule has 0 bridgehead atoms.